The highest BCUT2D eigenvalue weighted by molar-refractivity contribution is 8.13. The molecule has 1 heterocycles. The van der Waals surface area contributed by atoms with Crippen molar-refractivity contribution in [2.45, 2.75) is 12.8 Å². The van der Waals surface area contributed by atoms with E-state index in [2.05, 4.69) is 0 Å². The topological polar surface area (TPSA) is 51.1 Å². The minimum atomic E-state index is 0.0719. The first-order valence-electron chi connectivity index (χ1n) is 8.49. The first-order valence-corrected chi connectivity index (χ1v) is 9.47. The maximum atomic E-state index is 12.8. The molecular formula is C20H22N2O3S. The average Bonchev–Trinajstić information content (AvgIpc) is 2.69. The van der Waals surface area contributed by atoms with Gasteiger partial charge in [-0.25, -0.2) is 4.99 Å². The normalized spacial score (nSPS) is 15.8. The Kier molecular flexibility index (Phi) is 6.17. The van der Waals surface area contributed by atoms with E-state index in [9.17, 15) is 4.79 Å². The number of hydrogen-bond donors (Lipinski definition) is 0. The Hall–Kier alpha value is -2.47. The molecule has 3 rings (SSSR count). The van der Waals surface area contributed by atoms with Gasteiger partial charge in [-0.3, -0.25) is 9.69 Å². The first-order chi connectivity index (χ1) is 12.7. The molecular weight excluding hydrogens is 348 g/mol. The summed E-state index contributed by atoms with van der Waals surface area (Å²) < 4.78 is 10.6. The van der Waals surface area contributed by atoms with E-state index in [1.165, 1.54) is 0 Å². The summed E-state index contributed by atoms with van der Waals surface area (Å²) in [6, 6.07) is 15.3. The quantitative estimate of drug-likeness (QED) is 0.801. The third-order valence-electron chi connectivity index (χ3n) is 4.08. The predicted molar refractivity (Wildman–Crippen MR) is 106 cm³/mol. The summed E-state index contributed by atoms with van der Waals surface area (Å²) in [5, 5.41) is 0.740. The lowest BCUT2D eigenvalue weighted by Crippen LogP contribution is -2.40. The van der Waals surface area contributed by atoms with E-state index in [1.54, 1.807) is 30.9 Å². The van der Waals surface area contributed by atoms with Crippen LogP contribution in [0.3, 0.4) is 0 Å². The third kappa shape index (κ3) is 4.38. The summed E-state index contributed by atoms with van der Waals surface area (Å²) in [5.74, 6) is 2.31. The average molecular weight is 370 g/mol. The van der Waals surface area contributed by atoms with Crippen molar-refractivity contribution >= 4 is 28.5 Å². The Balaban J connectivity index is 1.82. The van der Waals surface area contributed by atoms with Crippen LogP contribution in [-0.2, 0) is 11.2 Å². The van der Waals surface area contributed by atoms with Crippen molar-refractivity contribution in [1.29, 1.82) is 0 Å². The van der Waals surface area contributed by atoms with Gasteiger partial charge in [0, 0.05) is 18.4 Å². The Morgan fingerprint density at radius 2 is 1.88 bits per heavy atom. The number of hydrogen-bond acceptors (Lipinski definition) is 5. The number of amidine groups is 1. The van der Waals surface area contributed by atoms with Crippen LogP contribution in [0.1, 0.15) is 12.0 Å². The van der Waals surface area contributed by atoms with Gasteiger partial charge in [-0.05, 0) is 24.1 Å². The second kappa shape index (κ2) is 8.76. The largest absolute Gasteiger partial charge is 0.493 e. The van der Waals surface area contributed by atoms with Gasteiger partial charge >= 0.3 is 0 Å². The lowest BCUT2D eigenvalue weighted by molar-refractivity contribution is -0.126. The molecule has 0 aliphatic carbocycles. The van der Waals surface area contributed by atoms with Crippen molar-refractivity contribution in [3.8, 4) is 11.5 Å². The SMILES string of the molecule is COc1ccc(N=C2SCCCN2C(=O)Cc2ccccc2)cc1OC. The van der Waals surface area contributed by atoms with Gasteiger partial charge in [0.1, 0.15) is 0 Å². The Morgan fingerprint density at radius 3 is 2.62 bits per heavy atom. The van der Waals surface area contributed by atoms with Gasteiger partial charge in [0.05, 0.1) is 26.3 Å². The molecule has 0 spiro atoms. The predicted octanol–water partition coefficient (Wildman–Crippen LogP) is 3.90. The number of carbonyl (C=O) groups excluding carboxylic acids is 1. The van der Waals surface area contributed by atoms with Gasteiger partial charge in [0.2, 0.25) is 5.91 Å². The van der Waals surface area contributed by atoms with E-state index in [4.69, 9.17) is 14.5 Å². The molecule has 0 aromatic heterocycles. The zero-order chi connectivity index (χ0) is 18.4. The summed E-state index contributed by atoms with van der Waals surface area (Å²) in [6.07, 6.45) is 1.35. The van der Waals surface area contributed by atoms with E-state index < -0.39 is 0 Å². The van der Waals surface area contributed by atoms with Crippen molar-refractivity contribution in [1.82, 2.24) is 4.90 Å². The molecule has 0 unspecified atom stereocenters. The maximum absolute atomic E-state index is 12.8. The molecule has 1 aliphatic rings. The van der Waals surface area contributed by atoms with Crippen molar-refractivity contribution in [2.24, 2.45) is 4.99 Å². The minimum Gasteiger partial charge on any atom is -0.493 e. The summed E-state index contributed by atoms with van der Waals surface area (Å²) >= 11 is 1.61. The number of benzene rings is 2. The van der Waals surface area contributed by atoms with E-state index in [0.717, 1.165) is 28.6 Å². The van der Waals surface area contributed by atoms with Crippen molar-refractivity contribution in [3.05, 3.63) is 54.1 Å². The number of carbonyl (C=O) groups is 1. The molecule has 2 aromatic carbocycles. The van der Waals surface area contributed by atoms with Gasteiger partial charge in [-0.1, -0.05) is 42.1 Å². The lowest BCUT2D eigenvalue weighted by atomic mass is 10.1. The zero-order valence-electron chi connectivity index (χ0n) is 15.0. The number of methoxy groups -OCH3 is 2. The van der Waals surface area contributed by atoms with Crippen LogP contribution in [0.15, 0.2) is 53.5 Å². The highest BCUT2D eigenvalue weighted by Gasteiger charge is 2.24. The van der Waals surface area contributed by atoms with E-state index in [1.807, 2.05) is 48.5 Å². The van der Waals surface area contributed by atoms with E-state index in [0.29, 0.717) is 24.5 Å². The molecule has 1 saturated heterocycles. The number of ether oxygens (including phenoxy) is 2. The van der Waals surface area contributed by atoms with Gasteiger partial charge < -0.3 is 9.47 Å². The molecule has 6 heteroatoms. The van der Waals surface area contributed by atoms with Crippen LogP contribution < -0.4 is 9.47 Å². The second-order valence-electron chi connectivity index (χ2n) is 5.84. The fraction of sp³-hybridized carbons (Fsp3) is 0.300. The molecule has 1 amide bonds. The van der Waals surface area contributed by atoms with E-state index >= 15 is 0 Å². The summed E-state index contributed by atoms with van der Waals surface area (Å²) in [7, 11) is 3.20. The van der Waals surface area contributed by atoms with E-state index in [-0.39, 0.29) is 5.91 Å². The van der Waals surface area contributed by atoms with Crippen LogP contribution in [0.5, 0.6) is 11.5 Å². The highest BCUT2D eigenvalue weighted by Crippen LogP contribution is 2.32. The first kappa shape index (κ1) is 18.3. The van der Waals surface area contributed by atoms with Gasteiger partial charge in [0.25, 0.3) is 0 Å². The van der Waals surface area contributed by atoms with Crippen LogP contribution >= 0.6 is 11.8 Å². The molecule has 1 fully saturated rings. The lowest BCUT2D eigenvalue weighted by Gasteiger charge is -2.28. The summed E-state index contributed by atoms with van der Waals surface area (Å²) in [6.45, 7) is 0.699. The standard InChI is InChI=1S/C20H22N2O3S/c1-24-17-10-9-16(14-18(17)25-2)21-20-22(11-6-12-26-20)19(23)13-15-7-4-3-5-8-15/h3-5,7-10,14H,6,11-13H2,1-2H3. The fourth-order valence-corrected chi connectivity index (χ4v) is 3.73. The fourth-order valence-electron chi connectivity index (χ4n) is 2.75. The Bertz CT molecular complexity index is 793. The van der Waals surface area contributed by atoms with Crippen LogP contribution in [0.2, 0.25) is 0 Å². The molecule has 0 N–H and O–H groups in total. The molecule has 0 saturated carbocycles. The number of rotatable bonds is 5. The third-order valence-corrected chi connectivity index (χ3v) is 5.14. The van der Waals surface area contributed by atoms with Gasteiger partial charge in [0.15, 0.2) is 16.7 Å². The maximum Gasteiger partial charge on any atom is 0.232 e. The summed E-state index contributed by atoms with van der Waals surface area (Å²) in [4.78, 5) is 19.3. The molecule has 0 bridgehead atoms. The van der Waals surface area contributed by atoms with Crippen molar-refractivity contribution < 1.29 is 14.3 Å². The highest BCUT2D eigenvalue weighted by atomic mass is 32.2. The van der Waals surface area contributed by atoms with Gasteiger partial charge in [-0.15, -0.1) is 0 Å². The summed E-state index contributed by atoms with van der Waals surface area (Å²) in [5.41, 5.74) is 1.75. The van der Waals surface area contributed by atoms with Crippen LogP contribution in [0.4, 0.5) is 5.69 Å². The molecule has 1 aliphatic heterocycles. The molecule has 136 valence electrons. The smallest absolute Gasteiger partial charge is 0.232 e. The number of thioether (sulfide) groups is 1. The van der Waals surface area contributed by atoms with Gasteiger partial charge in [-0.2, -0.15) is 0 Å². The van der Waals surface area contributed by atoms with Crippen molar-refractivity contribution in [3.63, 3.8) is 0 Å². The zero-order valence-corrected chi connectivity index (χ0v) is 15.8. The second-order valence-corrected chi connectivity index (χ2v) is 6.91. The minimum absolute atomic E-state index is 0.0719. The number of amides is 1. The number of aliphatic imine (C=N–C) groups is 1. The van der Waals surface area contributed by atoms with Crippen LogP contribution in [-0.4, -0.2) is 42.5 Å². The van der Waals surface area contributed by atoms with Crippen LogP contribution in [0, 0.1) is 0 Å². The number of nitrogens with zero attached hydrogens (tertiary/aromatic N) is 2. The monoisotopic (exact) mass is 370 g/mol. The van der Waals surface area contributed by atoms with Crippen molar-refractivity contribution in [2.75, 3.05) is 26.5 Å². The molecule has 5 nitrogen and oxygen atoms in total. The molecule has 26 heavy (non-hydrogen) atoms. The Labute approximate surface area is 158 Å². The molecule has 0 radical (unpaired) electrons. The molecule has 0 atom stereocenters. The Morgan fingerprint density at radius 1 is 1.12 bits per heavy atom. The molecule has 2 aromatic rings. The van der Waals surface area contributed by atoms with Crippen LogP contribution in [0.25, 0.3) is 0 Å².